The Hall–Kier alpha value is -2.37. The highest BCUT2D eigenvalue weighted by atomic mass is 32.2. The predicted octanol–water partition coefficient (Wildman–Crippen LogP) is 0.523. The Morgan fingerprint density at radius 3 is 2.85 bits per heavy atom. The number of aromatic nitrogens is 2. The summed E-state index contributed by atoms with van der Waals surface area (Å²) in [6, 6.07) is 2.81. The number of hydrogen-bond donors (Lipinski definition) is 2. The maximum atomic E-state index is 12.1. The molecule has 7 nitrogen and oxygen atoms in total. The molecule has 0 radical (unpaired) electrons. The molecule has 0 aromatic carbocycles. The first-order valence-corrected chi connectivity index (χ1v) is 7.00. The van der Waals surface area contributed by atoms with Crippen LogP contribution in [-0.2, 0) is 10.0 Å². The van der Waals surface area contributed by atoms with Gasteiger partial charge in [-0.2, -0.15) is 0 Å². The molecule has 0 spiro atoms. The molecule has 20 heavy (non-hydrogen) atoms. The highest BCUT2D eigenvalue weighted by Crippen LogP contribution is 2.15. The van der Waals surface area contributed by atoms with Gasteiger partial charge in [-0.1, -0.05) is 17.0 Å². The smallest absolute Gasteiger partial charge is 0.264 e. The predicted molar refractivity (Wildman–Crippen MR) is 70.2 cm³/mol. The van der Waals surface area contributed by atoms with Crippen molar-refractivity contribution in [1.29, 1.82) is 0 Å². The molecule has 0 aliphatic heterocycles. The van der Waals surface area contributed by atoms with E-state index in [2.05, 4.69) is 26.7 Å². The maximum Gasteiger partial charge on any atom is 0.264 e. The molecule has 0 atom stereocenters. The van der Waals surface area contributed by atoms with Crippen LogP contribution in [0.3, 0.4) is 0 Å². The van der Waals surface area contributed by atoms with E-state index in [0.29, 0.717) is 11.3 Å². The summed E-state index contributed by atoms with van der Waals surface area (Å²) in [4.78, 5) is 3.75. The van der Waals surface area contributed by atoms with Gasteiger partial charge in [0.2, 0.25) is 0 Å². The van der Waals surface area contributed by atoms with Crippen LogP contribution in [0, 0.1) is 18.8 Å². The molecule has 0 fully saturated rings. The Bertz CT molecular complexity index is 771. The topological polar surface area (TPSA) is 105 Å². The van der Waals surface area contributed by atoms with Gasteiger partial charge in [-0.05, 0) is 13.0 Å². The van der Waals surface area contributed by atoms with Crippen LogP contribution in [0.1, 0.15) is 11.3 Å². The molecule has 0 aliphatic carbocycles. The number of hydrogen-bond acceptors (Lipinski definition) is 6. The zero-order valence-electron chi connectivity index (χ0n) is 10.5. The average Bonchev–Trinajstić information content (AvgIpc) is 2.81. The Labute approximate surface area is 115 Å². The standard InChI is InChI=1S/C12H11N3O4S/c1-9-5-12(14-19-9)15-20(17,18)11-6-10(3-2-4-16)7-13-8-11/h5-8,16H,4H2,1H3,(H,14,15). The fourth-order valence-corrected chi connectivity index (χ4v) is 2.36. The second-order valence-electron chi connectivity index (χ2n) is 3.80. The van der Waals surface area contributed by atoms with Crippen molar-refractivity contribution in [2.75, 3.05) is 11.3 Å². The third-order valence-electron chi connectivity index (χ3n) is 2.20. The van der Waals surface area contributed by atoms with Crippen molar-refractivity contribution >= 4 is 15.8 Å². The lowest BCUT2D eigenvalue weighted by molar-refractivity contribution is 0.350. The van der Waals surface area contributed by atoms with Gasteiger partial charge >= 0.3 is 0 Å². The zero-order chi connectivity index (χ0) is 14.6. The van der Waals surface area contributed by atoms with Gasteiger partial charge in [-0.25, -0.2) is 8.42 Å². The number of anilines is 1. The summed E-state index contributed by atoms with van der Waals surface area (Å²) in [7, 11) is -3.81. The van der Waals surface area contributed by atoms with Crippen LogP contribution in [0.5, 0.6) is 0 Å². The molecular formula is C12H11N3O4S. The summed E-state index contributed by atoms with van der Waals surface area (Å²) < 4.78 is 31.3. The highest BCUT2D eigenvalue weighted by Gasteiger charge is 2.16. The van der Waals surface area contributed by atoms with Crippen LogP contribution >= 0.6 is 0 Å². The SMILES string of the molecule is Cc1cc(NS(=O)(=O)c2cncc(C#CCO)c2)no1. The van der Waals surface area contributed by atoms with Gasteiger partial charge < -0.3 is 9.63 Å². The van der Waals surface area contributed by atoms with Gasteiger partial charge in [-0.3, -0.25) is 9.71 Å². The number of aliphatic hydroxyl groups is 1. The van der Waals surface area contributed by atoms with Crippen LogP contribution in [-0.4, -0.2) is 30.3 Å². The van der Waals surface area contributed by atoms with Crippen molar-refractivity contribution in [2.45, 2.75) is 11.8 Å². The monoisotopic (exact) mass is 293 g/mol. The van der Waals surface area contributed by atoms with E-state index < -0.39 is 10.0 Å². The van der Waals surface area contributed by atoms with Gasteiger partial charge in [0.05, 0.1) is 0 Å². The van der Waals surface area contributed by atoms with Crippen molar-refractivity contribution in [1.82, 2.24) is 10.1 Å². The Kier molecular flexibility index (Phi) is 4.02. The van der Waals surface area contributed by atoms with Crippen molar-refractivity contribution in [3.05, 3.63) is 35.9 Å². The molecular weight excluding hydrogens is 282 g/mol. The second-order valence-corrected chi connectivity index (χ2v) is 5.48. The summed E-state index contributed by atoms with van der Waals surface area (Å²) in [6.45, 7) is 1.34. The number of nitrogens with one attached hydrogen (secondary N) is 1. The fraction of sp³-hybridized carbons (Fsp3) is 0.167. The molecule has 0 saturated carbocycles. The molecule has 0 amide bonds. The molecule has 0 saturated heterocycles. The van der Waals surface area contributed by atoms with Gasteiger partial charge in [0.1, 0.15) is 17.3 Å². The zero-order valence-corrected chi connectivity index (χ0v) is 11.3. The molecule has 0 bridgehead atoms. The molecule has 2 heterocycles. The number of nitrogens with zero attached hydrogens (tertiary/aromatic N) is 2. The minimum absolute atomic E-state index is 0.0529. The van der Waals surface area contributed by atoms with E-state index in [1.807, 2.05) is 0 Å². The second kappa shape index (κ2) is 5.73. The van der Waals surface area contributed by atoms with E-state index in [9.17, 15) is 8.42 Å². The van der Waals surface area contributed by atoms with E-state index in [-0.39, 0.29) is 17.3 Å². The van der Waals surface area contributed by atoms with Crippen LogP contribution in [0.15, 0.2) is 33.9 Å². The summed E-state index contributed by atoms with van der Waals surface area (Å²) in [5.41, 5.74) is 0.387. The van der Waals surface area contributed by atoms with Gasteiger partial charge in [0, 0.05) is 24.0 Å². The lowest BCUT2D eigenvalue weighted by Gasteiger charge is -2.04. The first-order chi connectivity index (χ1) is 9.51. The first-order valence-electron chi connectivity index (χ1n) is 5.52. The summed E-state index contributed by atoms with van der Waals surface area (Å²) in [6.07, 6.45) is 2.60. The van der Waals surface area contributed by atoms with Crippen LogP contribution < -0.4 is 4.72 Å². The lowest BCUT2D eigenvalue weighted by atomic mass is 10.3. The van der Waals surface area contributed by atoms with E-state index in [1.54, 1.807) is 6.92 Å². The van der Waals surface area contributed by atoms with Gasteiger partial charge in [0.25, 0.3) is 10.0 Å². The number of pyridine rings is 1. The maximum absolute atomic E-state index is 12.1. The molecule has 0 unspecified atom stereocenters. The number of rotatable bonds is 3. The summed E-state index contributed by atoms with van der Waals surface area (Å²) in [5, 5.41) is 12.2. The average molecular weight is 293 g/mol. The Morgan fingerprint density at radius 1 is 1.40 bits per heavy atom. The molecule has 2 N–H and O–H groups in total. The van der Waals surface area contributed by atoms with Crippen molar-refractivity contribution in [3.8, 4) is 11.8 Å². The van der Waals surface area contributed by atoms with E-state index in [1.165, 1.54) is 24.5 Å². The van der Waals surface area contributed by atoms with Gasteiger partial charge in [-0.15, -0.1) is 0 Å². The first kappa shape index (κ1) is 14.0. The van der Waals surface area contributed by atoms with Crippen LogP contribution in [0.25, 0.3) is 0 Å². The fourth-order valence-electron chi connectivity index (χ4n) is 1.39. The number of aryl methyl sites for hydroxylation is 1. The van der Waals surface area contributed by atoms with E-state index in [4.69, 9.17) is 9.63 Å². The van der Waals surface area contributed by atoms with Gasteiger partial charge in [0.15, 0.2) is 5.82 Å². The van der Waals surface area contributed by atoms with Crippen LogP contribution in [0.2, 0.25) is 0 Å². The summed E-state index contributed by atoms with van der Waals surface area (Å²) >= 11 is 0. The normalized spacial score (nSPS) is 10.7. The third-order valence-corrected chi connectivity index (χ3v) is 3.52. The number of aliphatic hydroxyl groups excluding tert-OH is 1. The van der Waals surface area contributed by atoms with Crippen molar-refractivity contribution < 1.29 is 18.0 Å². The molecule has 8 heteroatoms. The van der Waals surface area contributed by atoms with Crippen molar-refractivity contribution in [3.63, 3.8) is 0 Å². The minimum atomic E-state index is -3.81. The molecule has 2 aromatic heterocycles. The van der Waals surface area contributed by atoms with Crippen LogP contribution in [0.4, 0.5) is 5.82 Å². The van der Waals surface area contributed by atoms with Crippen molar-refractivity contribution in [2.24, 2.45) is 0 Å². The molecule has 2 aromatic rings. The molecule has 2 rings (SSSR count). The molecule has 104 valence electrons. The van der Waals surface area contributed by atoms with E-state index >= 15 is 0 Å². The summed E-state index contributed by atoms with van der Waals surface area (Å²) in [5.74, 6) is 5.59. The number of sulfonamides is 1. The lowest BCUT2D eigenvalue weighted by Crippen LogP contribution is -2.13. The Morgan fingerprint density at radius 2 is 2.20 bits per heavy atom. The molecule has 0 aliphatic rings. The quantitative estimate of drug-likeness (QED) is 0.799. The minimum Gasteiger partial charge on any atom is -0.384 e. The Balaban J connectivity index is 2.29. The van der Waals surface area contributed by atoms with E-state index in [0.717, 1.165) is 0 Å². The highest BCUT2D eigenvalue weighted by molar-refractivity contribution is 7.92. The largest absolute Gasteiger partial charge is 0.384 e. The third kappa shape index (κ3) is 3.34.